The number of nitrogens with two attached hydrogens (primary N) is 1. The third-order valence-corrected chi connectivity index (χ3v) is 4.50. The lowest BCUT2D eigenvalue weighted by atomic mass is 10.3. The summed E-state index contributed by atoms with van der Waals surface area (Å²) in [4.78, 5) is 12.0. The Hall–Kier alpha value is -2.94. The van der Waals surface area contributed by atoms with E-state index in [4.69, 9.17) is 19.7 Å². The van der Waals surface area contributed by atoms with Crippen molar-refractivity contribution in [2.24, 2.45) is 0 Å². The van der Waals surface area contributed by atoms with Gasteiger partial charge in [0.25, 0.3) is 6.35 Å². The quantitative estimate of drug-likeness (QED) is 0.639. The SMILES string of the molecule is Nc1ncnc2c1ncn2[C@@H]1O[C@H](OC[P+](=O)Oc2ccccc2)C=C1F. The van der Waals surface area contributed by atoms with E-state index in [-0.39, 0.29) is 12.2 Å². The van der Waals surface area contributed by atoms with Crippen LogP contribution >= 0.6 is 8.03 Å². The maximum Gasteiger partial charge on any atom is 0.585 e. The standard InChI is InChI=1S/C16H14FN5O4P/c17-11-6-12(24-9-27(23)26-10-4-2-1-3-5-10)25-16(11)22-8-21-13-14(18)19-7-20-15(13)22/h1-8,12,16H,9H2,(H2,18,19,20)/q+1/t12-,16+/m0/s1. The van der Waals surface area contributed by atoms with E-state index in [0.717, 1.165) is 6.08 Å². The number of aromatic nitrogens is 4. The molecule has 1 aliphatic heterocycles. The van der Waals surface area contributed by atoms with Gasteiger partial charge in [0.15, 0.2) is 35.6 Å². The fraction of sp³-hybridized carbons (Fsp3) is 0.188. The number of hydrogen-bond acceptors (Lipinski definition) is 8. The largest absolute Gasteiger partial charge is 0.585 e. The summed E-state index contributed by atoms with van der Waals surface area (Å²) in [5, 5.41) is 0. The minimum Gasteiger partial charge on any atom is -0.382 e. The average molecular weight is 390 g/mol. The molecule has 0 bridgehead atoms. The van der Waals surface area contributed by atoms with Gasteiger partial charge in [0, 0.05) is 6.08 Å². The van der Waals surface area contributed by atoms with Gasteiger partial charge in [0.2, 0.25) is 0 Å². The van der Waals surface area contributed by atoms with Crippen molar-refractivity contribution in [3.05, 3.63) is 54.9 Å². The number of ether oxygens (including phenoxy) is 2. The van der Waals surface area contributed by atoms with Crippen molar-refractivity contribution >= 4 is 25.0 Å². The number of nitrogens with zero attached hydrogens (tertiary/aromatic N) is 4. The first-order valence-electron chi connectivity index (χ1n) is 7.87. The molecule has 3 atom stereocenters. The molecule has 138 valence electrons. The zero-order valence-electron chi connectivity index (χ0n) is 13.8. The van der Waals surface area contributed by atoms with E-state index < -0.39 is 26.4 Å². The number of imidazole rings is 1. The Bertz CT molecular complexity index is 1010. The Balaban J connectivity index is 1.40. The van der Waals surface area contributed by atoms with Crippen LogP contribution in [0, 0.1) is 0 Å². The maximum absolute atomic E-state index is 14.3. The summed E-state index contributed by atoms with van der Waals surface area (Å²) in [5.41, 5.74) is 6.40. The molecule has 27 heavy (non-hydrogen) atoms. The molecule has 11 heteroatoms. The molecule has 3 heterocycles. The van der Waals surface area contributed by atoms with Crippen LogP contribution in [-0.2, 0) is 14.0 Å². The van der Waals surface area contributed by atoms with Crippen LogP contribution in [0.4, 0.5) is 10.2 Å². The number of rotatable bonds is 6. The van der Waals surface area contributed by atoms with Gasteiger partial charge in [-0.3, -0.25) is 9.09 Å². The minimum atomic E-state index is -2.14. The van der Waals surface area contributed by atoms with Gasteiger partial charge in [-0.1, -0.05) is 18.2 Å². The molecule has 9 nitrogen and oxygen atoms in total. The Labute approximate surface area is 153 Å². The van der Waals surface area contributed by atoms with Gasteiger partial charge in [-0.15, -0.1) is 0 Å². The van der Waals surface area contributed by atoms with E-state index >= 15 is 0 Å². The molecule has 4 rings (SSSR count). The highest BCUT2D eigenvalue weighted by molar-refractivity contribution is 7.39. The lowest BCUT2D eigenvalue weighted by Crippen LogP contribution is -2.16. The van der Waals surface area contributed by atoms with Crippen LogP contribution < -0.4 is 10.3 Å². The van der Waals surface area contributed by atoms with Crippen molar-refractivity contribution in [1.29, 1.82) is 0 Å². The second-order valence-electron chi connectivity index (χ2n) is 5.52. The highest BCUT2D eigenvalue weighted by atomic mass is 31.1. The van der Waals surface area contributed by atoms with E-state index in [1.807, 2.05) is 6.07 Å². The monoisotopic (exact) mass is 390 g/mol. The summed E-state index contributed by atoms with van der Waals surface area (Å²) >= 11 is 0. The van der Waals surface area contributed by atoms with Gasteiger partial charge >= 0.3 is 8.03 Å². The second kappa shape index (κ2) is 7.36. The van der Waals surface area contributed by atoms with Gasteiger partial charge in [-0.2, -0.15) is 0 Å². The van der Waals surface area contributed by atoms with E-state index in [1.165, 1.54) is 17.2 Å². The second-order valence-corrected chi connectivity index (χ2v) is 6.63. The number of anilines is 1. The van der Waals surface area contributed by atoms with Gasteiger partial charge in [-0.25, -0.2) is 19.3 Å². The number of benzene rings is 1. The summed E-state index contributed by atoms with van der Waals surface area (Å²) in [6.45, 7) is 0. The van der Waals surface area contributed by atoms with Crippen molar-refractivity contribution in [1.82, 2.24) is 19.5 Å². The normalized spacial score (nSPS) is 19.9. The topological polar surface area (TPSA) is 114 Å². The maximum atomic E-state index is 14.3. The lowest BCUT2D eigenvalue weighted by Gasteiger charge is -2.14. The van der Waals surface area contributed by atoms with Crippen molar-refractivity contribution in [3.63, 3.8) is 0 Å². The number of fused-ring (bicyclic) bond motifs is 1. The third kappa shape index (κ3) is 3.63. The van der Waals surface area contributed by atoms with E-state index in [0.29, 0.717) is 16.9 Å². The molecule has 3 aromatic rings. The number of halogens is 1. The zero-order valence-corrected chi connectivity index (χ0v) is 14.7. The summed E-state index contributed by atoms with van der Waals surface area (Å²) in [6.07, 6.45) is 1.37. The molecule has 0 radical (unpaired) electrons. The van der Waals surface area contributed by atoms with Crippen LogP contribution in [0.1, 0.15) is 6.23 Å². The minimum absolute atomic E-state index is 0.184. The van der Waals surface area contributed by atoms with Crippen LogP contribution in [0.15, 0.2) is 54.9 Å². The molecule has 0 aliphatic carbocycles. The van der Waals surface area contributed by atoms with Crippen molar-refractivity contribution < 1.29 is 23.0 Å². The molecular formula is C16H14FN5O4P+. The Kier molecular flexibility index (Phi) is 4.76. The third-order valence-electron chi connectivity index (χ3n) is 3.73. The smallest absolute Gasteiger partial charge is 0.382 e. The number of hydrogen-bond donors (Lipinski definition) is 1. The predicted molar refractivity (Wildman–Crippen MR) is 93.5 cm³/mol. The molecule has 1 unspecified atom stereocenters. The molecule has 0 amide bonds. The lowest BCUT2D eigenvalue weighted by molar-refractivity contribution is -0.128. The fourth-order valence-electron chi connectivity index (χ4n) is 2.53. The highest BCUT2D eigenvalue weighted by Crippen LogP contribution is 2.34. The fourth-order valence-corrected chi connectivity index (χ4v) is 3.21. The van der Waals surface area contributed by atoms with E-state index in [2.05, 4.69) is 15.0 Å². The molecule has 1 aromatic carbocycles. The molecule has 0 saturated carbocycles. The highest BCUT2D eigenvalue weighted by Gasteiger charge is 2.33. The van der Waals surface area contributed by atoms with Crippen LogP contribution in [-0.4, -0.2) is 32.2 Å². The van der Waals surface area contributed by atoms with Crippen LogP contribution in [0.2, 0.25) is 0 Å². The van der Waals surface area contributed by atoms with E-state index in [9.17, 15) is 8.96 Å². The molecule has 0 spiro atoms. The Morgan fingerprint density at radius 2 is 2.07 bits per heavy atom. The Morgan fingerprint density at radius 1 is 1.26 bits per heavy atom. The first kappa shape index (κ1) is 17.5. The molecule has 0 fully saturated rings. The average Bonchev–Trinajstić information content (AvgIpc) is 3.25. The van der Waals surface area contributed by atoms with Gasteiger partial charge in [0.1, 0.15) is 11.8 Å². The van der Waals surface area contributed by atoms with Crippen molar-refractivity contribution in [2.75, 3.05) is 12.1 Å². The predicted octanol–water partition coefficient (Wildman–Crippen LogP) is 2.91. The Morgan fingerprint density at radius 3 is 2.89 bits per heavy atom. The summed E-state index contributed by atoms with van der Waals surface area (Å²) in [6, 6.07) is 8.68. The van der Waals surface area contributed by atoms with Crippen molar-refractivity contribution in [2.45, 2.75) is 12.5 Å². The van der Waals surface area contributed by atoms with Gasteiger partial charge in [-0.05, 0) is 16.7 Å². The van der Waals surface area contributed by atoms with Gasteiger partial charge < -0.3 is 15.2 Å². The first-order chi connectivity index (χ1) is 13.1. The number of nitrogen functional groups attached to an aromatic ring is 1. The summed E-state index contributed by atoms with van der Waals surface area (Å²) < 4.78 is 43.8. The van der Waals surface area contributed by atoms with Crippen molar-refractivity contribution in [3.8, 4) is 5.75 Å². The summed E-state index contributed by atoms with van der Waals surface area (Å²) in [5.74, 6) is 0.0518. The van der Waals surface area contributed by atoms with Crippen LogP contribution in [0.3, 0.4) is 0 Å². The molecule has 1 aliphatic rings. The van der Waals surface area contributed by atoms with Crippen LogP contribution in [0.5, 0.6) is 5.75 Å². The zero-order chi connectivity index (χ0) is 18.8. The van der Waals surface area contributed by atoms with Crippen LogP contribution in [0.25, 0.3) is 11.2 Å². The molecule has 0 saturated heterocycles. The number of para-hydroxylation sites is 1. The van der Waals surface area contributed by atoms with Gasteiger partial charge in [0.05, 0.1) is 6.33 Å². The van der Waals surface area contributed by atoms with E-state index in [1.54, 1.807) is 24.3 Å². The summed E-state index contributed by atoms with van der Waals surface area (Å²) in [7, 11) is -2.14. The first-order valence-corrected chi connectivity index (χ1v) is 9.23. The molecular weight excluding hydrogens is 376 g/mol. The molecule has 2 N–H and O–H groups in total. The molecule has 2 aromatic heterocycles.